The molecular formula is C20H24O5. The molecule has 0 bridgehead atoms. The molecule has 0 saturated heterocycles. The summed E-state index contributed by atoms with van der Waals surface area (Å²) >= 11 is 0. The third-order valence-electron chi connectivity index (χ3n) is 3.56. The summed E-state index contributed by atoms with van der Waals surface area (Å²) < 4.78 is 21.4. The Morgan fingerprint density at radius 2 is 1.64 bits per heavy atom. The molecular weight excluding hydrogens is 320 g/mol. The molecule has 0 heterocycles. The number of carbonyl (C=O) groups excluding carboxylic acids is 1. The van der Waals surface area contributed by atoms with E-state index < -0.39 is 0 Å². The number of methoxy groups -OCH3 is 2. The van der Waals surface area contributed by atoms with Crippen LogP contribution in [-0.2, 0) is 22.7 Å². The first kappa shape index (κ1) is 18.8. The fourth-order valence-electron chi connectivity index (χ4n) is 2.27. The molecule has 0 aliphatic rings. The van der Waals surface area contributed by atoms with E-state index in [1.54, 1.807) is 26.4 Å². The van der Waals surface area contributed by atoms with E-state index in [1.165, 1.54) is 0 Å². The van der Waals surface area contributed by atoms with Crippen LogP contribution >= 0.6 is 0 Å². The van der Waals surface area contributed by atoms with Crippen LogP contribution in [0.5, 0.6) is 11.5 Å². The van der Waals surface area contributed by atoms with E-state index in [4.69, 9.17) is 18.9 Å². The van der Waals surface area contributed by atoms with Gasteiger partial charge in [-0.15, -0.1) is 0 Å². The van der Waals surface area contributed by atoms with Gasteiger partial charge in [-0.2, -0.15) is 0 Å². The molecule has 0 spiro atoms. The van der Waals surface area contributed by atoms with Crippen LogP contribution in [0.1, 0.15) is 34.8 Å². The second-order valence-electron chi connectivity index (χ2n) is 5.54. The summed E-state index contributed by atoms with van der Waals surface area (Å²) in [6, 6.07) is 12.7. The van der Waals surface area contributed by atoms with Crippen LogP contribution in [0.15, 0.2) is 42.5 Å². The van der Waals surface area contributed by atoms with Crippen molar-refractivity contribution in [2.24, 2.45) is 0 Å². The molecule has 0 aliphatic carbocycles. The highest BCUT2D eigenvalue weighted by Gasteiger charge is 2.10. The van der Waals surface area contributed by atoms with E-state index in [-0.39, 0.29) is 12.6 Å². The lowest BCUT2D eigenvalue weighted by molar-refractivity contribution is 0.0472. The van der Waals surface area contributed by atoms with Gasteiger partial charge in [-0.05, 0) is 41.8 Å². The van der Waals surface area contributed by atoms with Crippen molar-refractivity contribution in [1.29, 1.82) is 0 Å². The average Bonchev–Trinajstić information content (AvgIpc) is 2.65. The molecule has 0 fully saturated rings. The van der Waals surface area contributed by atoms with E-state index in [9.17, 15) is 4.79 Å². The maximum absolute atomic E-state index is 12.1. The summed E-state index contributed by atoms with van der Waals surface area (Å²) in [7, 11) is 3.22. The van der Waals surface area contributed by atoms with Gasteiger partial charge in [0.15, 0.2) is 11.5 Å². The minimum absolute atomic E-state index is 0.170. The lowest BCUT2D eigenvalue weighted by Gasteiger charge is -2.12. The van der Waals surface area contributed by atoms with Crippen LogP contribution in [0.2, 0.25) is 0 Å². The van der Waals surface area contributed by atoms with Crippen LogP contribution in [-0.4, -0.2) is 26.8 Å². The van der Waals surface area contributed by atoms with Crippen LogP contribution in [0.4, 0.5) is 0 Å². The largest absolute Gasteiger partial charge is 0.493 e. The van der Waals surface area contributed by atoms with E-state index in [0.29, 0.717) is 30.3 Å². The molecule has 0 radical (unpaired) electrons. The lowest BCUT2D eigenvalue weighted by Crippen LogP contribution is -2.06. The fraction of sp³-hybridized carbons (Fsp3) is 0.350. The Morgan fingerprint density at radius 1 is 0.920 bits per heavy atom. The highest BCUT2D eigenvalue weighted by atomic mass is 16.5. The summed E-state index contributed by atoms with van der Waals surface area (Å²) in [6.07, 6.45) is 0.922. The topological polar surface area (TPSA) is 54.0 Å². The van der Waals surface area contributed by atoms with Gasteiger partial charge in [0.25, 0.3) is 0 Å². The minimum Gasteiger partial charge on any atom is -0.493 e. The number of carbonyl (C=O) groups is 1. The summed E-state index contributed by atoms with van der Waals surface area (Å²) in [5, 5.41) is 0. The molecule has 2 aromatic carbocycles. The molecule has 5 heteroatoms. The Kier molecular flexibility index (Phi) is 7.29. The second-order valence-corrected chi connectivity index (χ2v) is 5.54. The van der Waals surface area contributed by atoms with Gasteiger partial charge in [0.1, 0.15) is 6.61 Å². The lowest BCUT2D eigenvalue weighted by atomic mass is 10.1. The second kappa shape index (κ2) is 9.69. The predicted octanol–water partition coefficient (Wildman–Crippen LogP) is 3.99. The van der Waals surface area contributed by atoms with E-state index in [1.807, 2.05) is 37.3 Å². The Balaban J connectivity index is 1.96. The number of ether oxygens (including phenoxy) is 4. The molecule has 134 valence electrons. The van der Waals surface area contributed by atoms with Gasteiger partial charge >= 0.3 is 5.97 Å². The van der Waals surface area contributed by atoms with Gasteiger partial charge in [0.2, 0.25) is 0 Å². The van der Waals surface area contributed by atoms with Gasteiger partial charge in [-0.25, -0.2) is 4.79 Å². The summed E-state index contributed by atoms with van der Waals surface area (Å²) in [5.74, 6) is 0.952. The Morgan fingerprint density at radius 3 is 2.28 bits per heavy atom. The van der Waals surface area contributed by atoms with Crippen molar-refractivity contribution in [3.63, 3.8) is 0 Å². The van der Waals surface area contributed by atoms with E-state index in [2.05, 4.69) is 0 Å². The van der Waals surface area contributed by atoms with Crippen molar-refractivity contribution in [3.8, 4) is 11.5 Å². The predicted molar refractivity (Wildman–Crippen MR) is 95.1 cm³/mol. The summed E-state index contributed by atoms with van der Waals surface area (Å²) in [5.41, 5.74) is 2.35. The number of rotatable bonds is 9. The molecule has 2 aromatic rings. The molecule has 0 aromatic heterocycles. The Bertz CT molecular complexity index is 679. The van der Waals surface area contributed by atoms with E-state index in [0.717, 1.165) is 17.5 Å². The van der Waals surface area contributed by atoms with Gasteiger partial charge < -0.3 is 18.9 Å². The highest BCUT2D eigenvalue weighted by molar-refractivity contribution is 5.89. The standard InChI is InChI=1S/C20H24O5/c1-4-11-24-18-10-7-16(12-19(18)23-3)14-25-20(21)17-8-5-15(6-9-17)13-22-2/h5-10,12H,4,11,13-14H2,1-3H3. The zero-order valence-corrected chi connectivity index (χ0v) is 14.9. The normalized spacial score (nSPS) is 10.4. The van der Waals surface area contributed by atoms with Crippen molar-refractivity contribution >= 4 is 5.97 Å². The number of hydrogen-bond acceptors (Lipinski definition) is 5. The highest BCUT2D eigenvalue weighted by Crippen LogP contribution is 2.28. The number of esters is 1. The smallest absolute Gasteiger partial charge is 0.338 e. The maximum Gasteiger partial charge on any atom is 0.338 e. The van der Waals surface area contributed by atoms with Crippen molar-refractivity contribution in [1.82, 2.24) is 0 Å². The summed E-state index contributed by atoms with van der Waals surface area (Å²) in [6.45, 7) is 3.36. The fourth-order valence-corrected chi connectivity index (χ4v) is 2.27. The van der Waals surface area contributed by atoms with Crippen molar-refractivity contribution in [3.05, 3.63) is 59.2 Å². The van der Waals surface area contributed by atoms with Crippen molar-refractivity contribution < 1.29 is 23.7 Å². The third-order valence-corrected chi connectivity index (χ3v) is 3.56. The first-order valence-corrected chi connectivity index (χ1v) is 8.22. The van der Waals surface area contributed by atoms with Crippen LogP contribution in [0.3, 0.4) is 0 Å². The first-order valence-electron chi connectivity index (χ1n) is 8.22. The number of hydrogen-bond donors (Lipinski definition) is 0. The van der Waals surface area contributed by atoms with Gasteiger partial charge in [0.05, 0.1) is 25.9 Å². The molecule has 0 N–H and O–H groups in total. The molecule has 0 aliphatic heterocycles. The molecule has 2 rings (SSSR count). The first-order chi connectivity index (χ1) is 12.2. The van der Waals surface area contributed by atoms with Crippen molar-refractivity contribution in [2.45, 2.75) is 26.6 Å². The monoisotopic (exact) mass is 344 g/mol. The van der Waals surface area contributed by atoms with Gasteiger partial charge in [-0.3, -0.25) is 0 Å². The van der Waals surface area contributed by atoms with Crippen LogP contribution < -0.4 is 9.47 Å². The Labute approximate surface area is 148 Å². The average molecular weight is 344 g/mol. The van der Waals surface area contributed by atoms with Gasteiger partial charge in [-0.1, -0.05) is 25.1 Å². The Hall–Kier alpha value is -2.53. The molecule has 0 amide bonds. The summed E-state index contributed by atoms with van der Waals surface area (Å²) in [4.78, 5) is 12.1. The van der Waals surface area contributed by atoms with Crippen molar-refractivity contribution in [2.75, 3.05) is 20.8 Å². The van der Waals surface area contributed by atoms with Crippen LogP contribution in [0.25, 0.3) is 0 Å². The maximum atomic E-state index is 12.1. The van der Waals surface area contributed by atoms with E-state index >= 15 is 0 Å². The zero-order chi connectivity index (χ0) is 18.1. The zero-order valence-electron chi connectivity index (χ0n) is 14.9. The molecule has 25 heavy (non-hydrogen) atoms. The molecule has 0 unspecified atom stereocenters. The quantitative estimate of drug-likeness (QED) is 0.644. The molecule has 5 nitrogen and oxygen atoms in total. The minimum atomic E-state index is -0.366. The SMILES string of the molecule is CCCOc1ccc(COC(=O)c2ccc(COC)cc2)cc1OC. The van der Waals surface area contributed by atoms with Crippen LogP contribution in [0, 0.1) is 0 Å². The van der Waals surface area contributed by atoms with Gasteiger partial charge in [0, 0.05) is 7.11 Å². The third kappa shape index (κ3) is 5.50. The number of benzene rings is 2. The molecule has 0 atom stereocenters. The molecule has 0 saturated carbocycles.